The summed E-state index contributed by atoms with van der Waals surface area (Å²) in [5, 5.41) is 0. The molecule has 1 saturated heterocycles. The number of rotatable bonds is 0. The number of benzene rings is 1. The summed E-state index contributed by atoms with van der Waals surface area (Å²) in [4.78, 5) is 2.48. The van der Waals surface area contributed by atoms with Crippen LogP contribution in [0, 0.1) is 0 Å². The second-order valence-electron chi connectivity index (χ2n) is 3.77. The number of nitrogens with zero attached hydrogens (tertiary/aromatic N) is 1. The third-order valence-electron chi connectivity index (χ3n) is 2.98. The van der Waals surface area contributed by atoms with E-state index in [0.29, 0.717) is 6.04 Å². The summed E-state index contributed by atoms with van der Waals surface area (Å²) in [6.07, 6.45) is 2.59. The zero-order chi connectivity index (χ0) is 8.67. The first-order valence-corrected chi connectivity index (χ1v) is 4.93. The Morgan fingerprint density at radius 1 is 1.31 bits per heavy atom. The Hall–Kier alpha value is -1.18. The maximum Gasteiger partial charge on any atom is 0.142 e. The summed E-state index contributed by atoms with van der Waals surface area (Å²) in [6.45, 7) is 2.07. The number of hydrogen-bond donors (Lipinski definition) is 0. The van der Waals surface area contributed by atoms with Crippen LogP contribution in [-0.4, -0.2) is 19.2 Å². The van der Waals surface area contributed by atoms with Crippen molar-refractivity contribution in [2.45, 2.75) is 18.9 Å². The molecule has 0 aromatic heterocycles. The van der Waals surface area contributed by atoms with Crippen molar-refractivity contribution < 1.29 is 4.74 Å². The van der Waals surface area contributed by atoms with E-state index < -0.39 is 0 Å². The molecule has 2 nitrogen and oxygen atoms in total. The van der Waals surface area contributed by atoms with Gasteiger partial charge < -0.3 is 9.64 Å². The van der Waals surface area contributed by atoms with Gasteiger partial charge in [-0.25, -0.2) is 0 Å². The topological polar surface area (TPSA) is 12.5 Å². The molecule has 0 saturated carbocycles. The highest BCUT2D eigenvalue weighted by Crippen LogP contribution is 2.37. The fourth-order valence-corrected chi connectivity index (χ4v) is 2.33. The SMILES string of the molecule is c1ccc2c(c1)OC[C@@H]1CCCN21. The van der Waals surface area contributed by atoms with Crippen LogP contribution in [0.1, 0.15) is 12.8 Å². The summed E-state index contributed by atoms with van der Waals surface area (Å²) in [6, 6.07) is 8.98. The zero-order valence-electron chi connectivity index (χ0n) is 7.57. The fraction of sp³-hybridized carbons (Fsp3) is 0.455. The first-order chi connectivity index (χ1) is 6.45. The van der Waals surface area contributed by atoms with E-state index in [1.54, 1.807) is 0 Å². The third kappa shape index (κ3) is 1.01. The van der Waals surface area contributed by atoms with Gasteiger partial charge in [0.1, 0.15) is 12.4 Å². The summed E-state index contributed by atoms with van der Waals surface area (Å²) in [5.41, 5.74) is 1.29. The van der Waals surface area contributed by atoms with Crippen LogP contribution >= 0.6 is 0 Å². The molecule has 0 aliphatic carbocycles. The normalized spacial score (nSPS) is 24.9. The quantitative estimate of drug-likeness (QED) is 0.598. The lowest BCUT2D eigenvalue weighted by Crippen LogP contribution is -2.37. The highest BCUT2D eigenvalue weighted by molar-refractivity contribution is 5.61. The van der Waals surface area contributed by atoms with Crippen molar-refractivity contribution >= 4 is 5.69 Å². The summed E-state index contributed by atoms with van der Waals surface area (Å²) < 4.78 is 5.70. The minimum absolute atomic E-state index is 0.634. The molecule has 2 aliphatic rings. The van der Waals surface area contributed by atoms with Crippen molar-refractivity contribution in [1.82, 2.24) is 0 Å². The van der Waals surface area contributed by atoms with Gasteiger partial charge in [-0.05, 0) is 25.0 Å². The van der Waals surface area contributed by atoms with Crippen LogP contribution in [0.4, 0.5) is 5.69 Å². The van der Waals surface area contributed by atoms with Crippen LogP contribution < -0.4 is 9.64 Å². The van der Waals surface area contributed by atoms with Gasteiger partial charge in [0.2, 0.25) is 0 Å². The maximum atomic E-state index is 5.70. The Bertz CT molecular complexity index is 324. The van der Waals surface area contributed by atoms with Crippen LogP contribution in [0.2, 0.25) is 0 Å². The molecule has 1 aromatic carbocycles. The number of fused-ring (bicyclic) bond motifs is 3. The van der Waals surface area contributed by atoms with Crippen molar-refractivity contribution in [2.24, 2.45) is 0 Å². The van der Waals surface area contributed by atoms with E-state index in [0.717, 1.165) is 12.4 Å². The van der Waals surface area contributed by atoms with E-state index in [2.05, 4.69) is 23.1 Å². The molecule has 0 spiro atoms. The van der Waals surface area contributed by atoms with Gasteiger partial charge in [-0.1, -0.05) is 12.1 Å². The molecule has 1 atom stereocenters. The lowest BCUT2D eigenvalue weighted by molar-refractivity contribution is 0.272. The second kappa shape index (κ2) is 2.66. The van der Waals surface area contributed by atoms with E-state index >= 15 is 0 Å². The smallest absolute Gasteiger partial charge is 0.142 e. The lowest BCUT2D eigenvalue weighted by Gasteiger charge is -2.33. The van der Waals surface area contributed by atoms with Gasteiger partial charge in [0.05, 0.1) is 11.7 Å². The summed E-state index contributed by atoms with van der Waals surface area (Å²) >= 11 is 0. The number of anilines is 1. The maximum absolute atomic E-state index is 5.70. The van der Waals surface area contributed by atoms with E-state index in [4.69, 9.17) is 4.74 Å². The molecule has 0 N–H and O–H groups in total. The van der Waals surface area contributed by atoms with Gasteiger partial charge in [-0.15, -0.1) is 0 Å². The van der Waals surface area contributed by atoms with Crippen LogP contribution in [-0.2, 0) is 0 Å². The van der Waals surface area contributed by atoms with Gasteiger partial charge in [0.15, 0.2) is 0 Å². The first-order valence-electron chi connectivity index (χ1n) is 4.93. The lowest BCUT2D eigenvalue weighted by atomic mass is 10.2. The Morgan fingerprint density at radius 2 is 2.23 bits per heavy atom. The molecule has 3 rings (SSSR count). The van der Waals surface area contributed by atoms with E-state index in [-0.39, 0.29) is 0 Å². The second-order valence-corrected chi connectivity index (χ2v) is 3.77. The minimum atomic E-state index is 0.634. The monoisotopic (exact) mass is 175 g/mol. The number of hydrogen-bond acceptors (Lipinski definition) is 2. The van der Waals surface area contributed by atoms with Crippen molar-refractivity contribution in [3.05, 3.63) is 24.3 Å². The molecule has 13 heavy (non-hydrogen) atoms. The van der Waals surface area contributed by atoms with Crippen molar-refractivity contribution in [3.8, 4) is 5.75 Å². The molecule has 2 heteroatoms. The van der Waals surface area contributed by atoms with Gasteiger partial charge in [0, 0.05) is 6.54 Å². The largest absolute Gasteiger partial charge is 0.489 e. The molecule has 0 unspecified atom stereocenters. The Labute approximate surface area is 78.1 Å². The molecule has 2 aliphatic heterocycles. The standard InChI is InChI=1S/C11H13NO/c1-2-6-11-10(5-1)12-7-3-4-9(12)8-13-11/h1-2,5-6,9H,3-4,7-8H2/t9-/m0/s1. The zero-order valence-corrected chi connectivity index (χ0v) is 7.57. The first kappa shape index (κ1) is 7.25. The van der Waals surface area contributed by atoms with Crippen molar-refractivity contribution in [1.29, 1.82) is 0 Å². The molecule has 1 aromatic rings. The van der Waals surface area contributed by atoms with Crippen molar-refractivity contribution in [2.75, 3.05) is 18.1 Å². The van der Waals surface area contributed by atoms with Gasteiger partial charge in [-0.3, -0.25) is 0 Å². The van der Waals surface area contributed by atoms with Crippen LogP contribution in [0.5, 0.6) is 5.75 Å². The molecule has 0 bridgehead atoms. The molecule has 0 amide bonds. The van der Waals surface area contributed by atoms with E-state index in [9.17, 15) is 0 Å². The highest BCUT2D eigenvalue weighted by atomic mass is 16.5. The van der Waals surface area contributed by atoms with Gasteiger partial charge in [0.25, 0.3) is 0 Å². The third-order valence-corrected chi connectivity index (χ3v) is 2.98. The van der Waals surface area contributed by atoms with Crippen LogP contribution in [0.25, 0.3) is 0 Å². The Morgan fingerprint density at radius 3 is 3.23 bits per heavy atom. The average Bonchev–Trinajstić information content (AvgIpc) is 2.65. The highest BCUT2D eigenvalue weighted by Gasteiger charge is 2.30. The summed E-state index contributed by atoms with van der Waals surface area (Å²) in [7, 11) is 0. The molecular formula is C11H13NO. The predicted octanol–water partition coefficient (Wildman–Crippen LogP) is 2.05. The number of para-hydroxylation sites is 2. The molecule has 1 fully saturated rings. The molecular weight excluding hydrogens is 162 g/mol. The Balaban J connectivity index is 2.06. The Kier molecular flexibility index (Phi) is 1.48. The summed E-state index contributed by atoms with van der Waals surface area (Å²) in [5.74, 6) is 1.06. The number of ether oxygens (including phenoxy) is 1. The van der Waals surface area contributed by atoms with E-state index in [1.807, 2.05) is 6.07 Å². The van der Waals surface area contributed by atoms with Gasteiger partial charge in [-0.2, -0.15) is 0 Å². The van der Waals surface area contributed by atoms with Crippen molar-refractivity contribution in [3.63, 3.8) is 0 Å². The fourth-order valence-electron chi connectivity index (χ4n) is 2.33. The van der Waals surface area contributed by atoms with E-state index in [1.165, 1.54) is 25.1 Å². The van der Waals surface area contributed by atoms with Crippen LogP contribution in [0.15, 0.2) is 24.3 Å². The van der Waals surface area contributed by atoms with Crippen LogP contribution in [0.3, 0.4) is 0 Å². The average molecular weight is 175 g/mol. The van der Waals surface area contributed by atoms with Gasteiger partial charge >= 0.3 is 0 Å². The predicted molar refractivity (Wildman–Crippen MR) is 52.3 cm³/mol. The molecule has 2 heterocycles. The minimum Gasteiger partial charge on any atom is -0.489 e. The molecule has 0 radical (unpaired) electrons. The molecule has 68 valence electrons.